The van der Waals surface area contributed by atoms with Crippen LogP contribution in [0.15, 0.2) is 60.9 Å². The molecule has 2 amide bonds. The lowest BCUT2D eigenvalue weighted by atomic mass is 10.1. The van der Waals surface area contributed by atoms with Crippen molar-refractivity contribution in [2.75, 3.05) is 10.6 Å². The first kappa shape index (κ1) is 18.5. The summed E-state index contributed by atoms with van der Waals surface area (Å²) in [6.45, 7) is 1.80. The highest BCUT2D eigenvalue weighted by molar-refractivity contribution is 6.31. The van der Waals surface area contributed by atoms with Crippen molar-refractivity contribution in [3.05, 3.63) is 88.5 Å². The lowest BCUT2D eigenvalue weighted by Gasteiger charge is -2.11. The minimum absolute atomic E-state index is 0.136. The Morgan fingerprint density at radius 1 is 1.00 bits per heavy atom. The van der Waals surface area contributed by atoms with E-state index in [1.807, 2.05) is 0 Å². The summed E-state index contributed by atoms with van der Waals surface area (Å²) in [6.07, 6.45) is 3.15. The van der Waals surface area contributed by atoms with Crippen molar-refractivity contribution in [2.24, 2.45) is 0 Å². The van der Waals surface area contributed by atoms with Gasteiger partial charge in [-0.05, 0) is 55.0 Å². The Morgan fingerprint density at radius 3 is 2.48 bits per heavy atom. The predicted molar refractivity (Wildman–Crippen MR) is 103 cm³/mol. The molecule has 2 N–H and O–H groups in total. The number of amides is 2. The molecule has 0 saturated carbocycles. The molecule has 7 heteroatoms. The summed E-state index contributed by atoms with van der Waals surface area (Å²) in [5, 5.41) is 5.29. The van der Waals surface area contributed by atoms with E-state index in [1.54, 1.807) is 43.5 Å². The molecule has 0 unspecified atom stereocenters. The summed E-state index contributed by atoms with van der Waals surface area (Å²) in [6, 6.07) is 12.1. The van der Waals surface area contributed by atoms with Gasteiger partial charge in [0.15, 0.2) is 0 Å². The fourth-order valence-corrected chi connectivity index (χ4v) is 2.60. The normalized spacial score (nSPS) is 10.3. The van der Waals surface area contributed by atoms with E-state index in [1.165, 1.54) is 18.3 Å². The molecular weight excluding hydrogens is 369 g/mol. The number of halogens is 2. The molecule has 27 heavy (non-hydrogen) atoms. The Hall–Kier alpha value is -3.25. The van der Waals surface area contributed by atoms with Gasteiger partial charge in [-0.15, -0.1) is 0 Å². The summed E-state index contributed by atoms with van der Waals surface area (Å²) >= 11 is 5.71. The number of carbonyl (C=O) groups excluding carboxylic acids is 2. The smallest absolute Gasteiger partial charge is 0.256 e. The number of rotatable bonds is 4. The zero-order valence-corrected chi connectivity index (χ0v) is 15.0. The number of pyridine rings is 1. The Morgan fingerprint density at radius 2 is 1.78 bits per heavy atom. The number of hydrogen-bond acceptors (Lipinski definition) is 3. The molecule has 1 heterocycles. The van der Waals surface area contributed by atoms with Gasteiger partial charge in [-0.2, -0.15) is 0 Å². The second-order valence-electron chi connectivity index (χ2n) is 5.81. The van der Waals surface area contributed by atoms with Crippen LogP contribution >= 0.6 is 11.6 Å². The fourth-order valence-electron chi connectivity index (χ4n) is 2.42. The Bertz CT molecular complexity index is 1010. The maximum Gasteiger partial charge on any atom is 0.256 e. The Balaban J connectivity index is 1.79. The minimum atomic E-state index is -0.599. The lowest BCUT2D eigenvalue weighted by molar-refractivity contribution is 0.101. The first-order valence-electron chi connectivity index (χ1n) is 8.02. The van der Waals surface area contributed by atoms with Gasteiger partial charge < -0.3 is 10.6 Å². The predicted octanol–water partition coefficient (Wildman–Crippen LogP) is 4.69. The van der Waals surface area contributed by atoms with Gasteiger partial charge in [0.1, 0.15) is 5.82 Å². The van der Waals surface area contributed by atoms with Gasteiger partial charge in [-0.3, -0.25) is 14.6 Å². The molecule has 0 bridgehead atoms. The number of carbonyl (C=O) groups is 2. The highest BCUT2D eigenvalue weighted by Gasteiger charge is 2.13. The van der Waals surface area contributed by atoms with Crippen molar-refractivity contribution < 1.29 is 14.0 Å². The van der Waals surface area contributed by atoms with Crippen molar-refractivity contribution in [3.8, 4) is 0 Å². The second kappa shape index (κ2) is 7.97. The van der Waals surface area contributed by atoms with Gasteiger partial charge in [-0.1, -0.05) is 17.7 Å². The van der Waals surface area contributed by atoms with E-state index in [-0.39, 0.29) is 16.5 Å². The third kappa shape index (κ3) is 4.48. The summed E-state index contributed by atoms with van der Waals surface area (Å²) in [5.41, 5.74) is 2.37. The molecule has 2 aromatic carbocycles. The number of hydrogen-bond donors (Lipinski definition) is 2. The molecule has 0 aliphatic heterocycles. The van der Waals surface area contributed by atoms with Crippen molar-refractivity contribution in [1.29, 1.82) is 0 Å². The van der Waals surface area contributed by atoms with Crippen LogP contribution in [0, 0.1) is 12.7 Å². The molecule has 0 aliphatic carbocycles. The molecule has 136 valence electrons. The standard InChI is InChI=1S/C20H15ClFN3O2/c1-12-4-6-14(24-19(26)13-5-7-18(22)17(21)9-13)10-16(12)20(27)25-15-3-2-8-23-11-15/h2-11H,1H3,(H,24,26)(H,25,27). The summed E-state index contributed by atoms with van der Waals surface area (Å²) in [7, 11) is 0. The molecule has 0 radical (unpaired) electrons. The van der Waals surface area contributed by atoms with Crippen LogP contribution in [0.25, 0.3) is 0 Å². The first-order valence-corrected chi connectivity index (χ1v) is 8.40. The molecule has 0 aliphatic rings. The number of nitrogens with one attached hydrogen (secondary N) is 2. The molecule has 0 atom stereocenters. The Labute approximate surface area is 160 Å². The van der Waals surface area contributed by atoms with E-state index in [0.717, 1.165) is 11.6 Å². The largest absolute Gasteiger partial charge is 0.322 e. The van der Waals surface area contributed by atoms with Crippen molar-refractivity contribution in [2.45, 2.75) is 6.92 Å². The van der Waals surface area contributed by atoms with E-state index >= 15 is 0 Å². The van der Waals surface area contributed by atoms with Crippen LogP contribution in [0.4, 0.5) is 15.8 Å². The van der Waals surface area contributed by atoms with Gasteiger partial charge in [0.05, 0.1) is 16.9 Å². The van der Waals surface area contributed by atoms with Gasteiger partial charge in [0, 0.05) is 23.0 Å². The third-order valence-corrected chi connectivity index (χ3v) is 4.13. The fraction of sp³-hybridized carbons (Fsp3) is 0.0500. The number of aryl methyl sites for hydroxylation is 1. The molecule has 0 fully saturated rings. The van der Waals surface area contributed by atoms with Gasteiger partial charge in [0.25, 0.3) is 11.8 Å². The number of anilines is 2. The third-order valence-electron chi connectivity index (χ3n) is 3.84. The topological polar surface area (TPSA) is 71.1 Å². The van der Waals surface area contributed by atoms with E-state index in [9.17, 15) is 14.0 Å². The summed E-state index contributed by atoms with van der Waals surface area (Å²) in [5.74, 6) is -1.38. The number of nitrogens with zero attached hydrogens (tertiary/aromatic N) is 1. The second-order valence-corrected chi connectivity index (χ2v) is 6.22. The zero-order valence-electron chi connectivity index (χ0n) is 14.3. The van der Waals surface area contributed by atoms with Crippen LogP contribution < -0.4 is 10.6 Å². The van der Waals surface area contributed by atoms with Crippen molar-refractivity contribution >= 4 is 34.8 Å². The minimum Gasteiger partial charge on any atom is -0.322 e. The average Bonchev–Trinajstić information content (AvgIpc) is 2.66. The molecule has 5 nitrogen and oxygen atoms in total. The number of aromatic nitrogens is 1. The molecule has 0 spiro atoms. The number of benzene rings is 2. The SMILES string of the molecule is Cc1ccc(NC(=O)c2ccc(F)c(Cl)c2)cc1C(=O)Nc1cccnc1. The van der Waals surface area contributed by atoms with Crippen LogP contribution in [-0.4, -0.2) is 16.8 Å². The van der Waals surface area contributed by atoms with E-state index in [2.05, 4.69) is 15.6 Å². The van der Waals surface area contributed by atoms with Crippen LogP contribution in [0.2, 0.25) is 5.02 Å². The van der Waals surface area contributed by atoms with Crippen LogP contribution in [0.3, 0.4) is 0 Å². The first-order chi connectivity index (χ1) is 12.9. The van der Waals surface area contributed by atoms with E-state index < -0.39 is 11.7 Å². The van der Waals surface area contributed by atoms with Crippen molar-refractivity contribution in [3.63, 3.8) is 0 Å². The highest BCUT2D eigenvalue weighted by atomic mass is 35.5. The average molecular weight is 384 g/mol. The van der Waals surface area contributed by atoms with Gasteiger partial charge in [-0.25, -0.2) is 4.39 Å². The molecule has 3 rings (SSSR count). The molecule has 0 saturated heterocycles. The summed E-state index contributed by atoms with van der Waals surface area (Å²) in [4.78, 5) is 28.8. The Kier molecular flexibility index (Phi) is 5.47. The summed E-state index contributed by atoms with van der Waals surface area (Å²) < 4.78 is 13.2. The van der Waals surface area contributed by atoms with Crippen LogP contribution in [0.5, 0.6) is 0 Å². The molecule has 3 aromatic rings. The van der Waals surface area contributed by atoms with Crippen LogP contribution in [0.1, 0.15) is 26.3 Å². The van der Waals surface area contributed by atoms with Crippen LogP contribution in [-0.2, 0) is 0 Å². The quantitative estimate of drug-likeness (QED) is 0.686. The highest BCUT2D eigenvalue weighted by Crippen LogP contribution is 2.20. The van der Waals surface area contributed by atoms with Crippen molar-refractivity contribution in [1.82, 2.24) is 4.98 Å². The van der Waals surface area contributed by atoms with Gasteiger partial charge >= 0.3 is 0 Å². The van der Waals surface area contributed by atoms with E-state index in [4.69, 9.17) is 11.6 Å². The maximum atomic E-state index is 13.2. The molecule has 1 aromatic heterocycles. The maximum absolute atomic E-state index is 13.2. The van der Waals surface area contributed by atoms with Gasteiger partial charge in [0.2, 0.25) is 0 Å². The van der Waals surface area contributed by atoms with E-state index in [0.29, 0.717) is 16.9 Å². The lowest BCUT2D eigenvalue weighted by Crippen LogP contribution is -2.16. The zero-order chi connectivity index (χ0) is 19.4. The molecular formula is C20H15ClFN3O2. The monoisotopic (exact) mass is 383 g/mol.